The molecular formula is C25H23N5O2S. The lowest BCUT2D eigenvalue weighted by Gasteiger charge is -2.13. The summed E-state index contributed by atoms with van der Waals surface area (Å²) in [6, 6.07) is 15.6. The number of para-hydroxylation sites is 2. The predicted octanol–water partition coefficient (Wildman–Crippen LogP) is 4.11. The minimum atomic E-state index is -0.335. The molecule has 0 bridgehead atoms. The molecule has 2 aromatic heterocycles. The van der Waals surface area contributed by atoms with Gasteiger partial charge < -0.3 is 14.9 Å². The summed E-state index contributed by atoms with van der Waals surface area (Å²) in [7, 11) is 1.93. The molecule has 0 spiro atoms. The first kappa shape index (κ1) is 21.1. The van der Waals surface area contributed by atoms with E-state index in [9.17, 15) is 9.59 Å². The summed E-state index contributed by atoms with van der Waals surface area (Å²) < 4.78 is 4.03. The Morgan fingerprint density at radius 2 is 1.70 bits per heavy atom. The van der Waals surface area contributed by atoms with Crippen LogP contribution in [-0.4, -0.2) is 31.9 Å². The number of aromatic nitrogens is 2. The third-order valence-electron chi connectivity index (χ3n) is 5.92. The van der Waals surface area contributed by atoms with Crippen LogP contribution in [0.2, 0.25) is 0 Å². The molecule has 5 rings (SSSR count). The number of anilines is 1. The minimum Gasteiger partial charge on any atom is -0.379 e. The maximum absolute atomic E-state index is 13.5. The van der Waals surface area contributed by atoms with Gasteiger partial charge in [0, 0.05) is 59.7 Å². The van der Waals surface area contributed by atoms with Gasteiger partial charge in [-0.15, -0.1) is 0 Å². The molecule has 0 radical (unpaired) electrons. The quantitative estimate of drug-likeness (QED) is 0.197. The number of amides is 2. The maximum Gasteiger partial charge on any atom is 0.266 e. The predicted molar refractivity (Wildman–Crippen MR) is 134 cm³/mol. The molecule has 0 saturated carbocycles. The van der Waals surface area contributed by atoms with E-state index in [1.165, 1.54) is 22.7 Å². The molecule has 3 N–H and O–H groups in total. The van der Waals surface area contributed by atoms with E-state index in [-0.39, 0.29) is 17.0 Å². The van der Waals surface area contributed by atoms with Gasteiger partial charge in [0.1, 0.15) is 0 Å². The van der Waals surface area contributed by atoms with Gasteiger partial charge in [0.25, 0.3) is 11.8 Å². The molecule has 2 amide bonds. The van der Waals surface area contributed by atoms with Crippen molar-refractivity contribution in [3.63, 3.8) is 0 Å². The summed E-state index contributed by atoms with van der Waals surface area (Å²) in [5, 5.41) is 9.26. The number of rotatable bonds is 6. The summed E-state index contributed by atoms with van der Waals surface area (Å²) in [5.74, 6) is 0.0790. The van der Waals surface area contributed by atoms with Crippen molar-refractivity contribution in [2.75, 3.05) is 10.7 Å². The van der Waals surface area contributed by atoms with E-state index in [1.54, 1.807) is 0 Å². The number of carbonyl (C=O) groups is 2. The highest BCUT2D eigenvalue weighted by Gasteiger charge is 2.36. The van der Waals surface area contributed by atoms with Gasteiger partial charge in [-0.05, 0) is 18.6 Å². The lowest BCUT2D eigenvalue weighted by Crippen LogP contribution is -2.30. The van der Waals surface area contributed by atoms with Gasteiger partial charge in [-0.1, -0.05) is 48.2 Å². The van der Waals surface area contributed by atoms with Crippen LogP contribution in [0.1, 0.15) is 12.0 Å². The van der Waals surface area contributed by atoms with Gasteiger partial charge in [0.2, 0.25) is 0 Å². The lowest BCUT2D eigenvalue weighted by molar-refractivity contribution is -0.119. The van der Waals surface area contributed by atoms with E-state index in [0.29, 0.717) is 17.8 Å². The minimum absolute atomic E-state index is 0.105. The number of carbonyl (C=O) groups excluding carboxylic acids is 2. The van der Waals surface area contributed by atoms with Gasteiger partial charge >= 0.3 is 0 Å². The fourth-order valence-electron chi connectivity index (χ4n) is 4.46. The number of aryl methyl sites for hydroxylation is 2. The van der Waals surface area contributed by atoms with Crippen LogP contribution in [0, 0.1) is 5.41 Å². The molecule has 166 valence electrons. The van der Waals surface area contributed by atoms with Crippen LogP contribution in [0.25, 0.3) is 27.4 Å². The third kappa shape index (κ3) is 3.62. The van der Waals surface area contributed by atoms with Crippen molar-refractivity contribution in [1.29, 1.82) is 5.41 Å². The Balaban J connectivity index is 1.50. The van der Waals surface area contributed by atoms with Crippen LogP contribution in [0.3, 0.4) is 0 Å². The first-order valence-corrected chi connectivity index (χ1v) is 11.6. The van der Waals surface area contributed by atoms with E-state index in [2.05, 4.69) is 4.57 Å². The summed E-state index contributed by atoms with van der Waals surface area (Å²) in [4.78, 5) is 27.9. The number of hydrogen-bond donors (Lipinski definition) is 2. The molecular weight excluding hydrogens is 434 g/mol. The van der Waals surface area contributed by atoms with Crippen LogP contribution in [0.4, 0.5) is 5.69 Å². The Morgan fingerprint density at radius 1 is 1.00 bits per heavy atom. The standard InChI is InChI=1S/C25H23N5O2S/c1-28-14-19(16-7-2-4-9-20(16)28)18-13-23(31)30(24(18)32)22-15-29(11-6-12-33-25(26)27)21-10-5-3-8-17(21)22/h2-5,7-10,13-15H,6,11-12H2,1H3,(H3,26,27). The highest BCUT2D eigenvalue weighted by molar-refractivity contribution is 8.13. The second-order valence-corrected chi connectivity index (χ2v) is 9.14. The molecule has 8 heteroatoms. The first-order chi connectivity index (χ1) is 16.0. The Morgan fingerprint density at radius 3 is 2.45 bits per heavy atom. The molecule has 0 fully saturated rings. The highest BCUT2D eigenvalue weighted by Crippen LogP contribution is 2.37. The Bertz CT molecular complexity index is 1460. The summed E-state index contributed by atoms with van der Waals surface area (Å²) >= 11 is 1.31. The molecule has 4 aromatic rings. The lowest BCUT2D eigenvalue weighted by atomic mass is 10.1. The van der Waals surface area contributed by atoms with Crippen molar-refractivity contribution in [2.45, 2.75) is 13.0 Å². The van der Waals surface area contributed by atoms with E-state index in [0.717, 1.165) is 39.5 Å². The second kappa shape index (κ2) is 8.29. The zero-order valence-electron chi connectivity index (χ0n) is 18.1. The number of fused-ring (bicyclic) bond motifs is 2. The molecule has 3 heterocycles. The van der Waals surface area contributed by atoms with Crippen molar-refractivity contribution >= 4 is 61.8 Å². The SMILES string of the molecule is Cn1cc(C2=CC(=O)N(c3cn(CCCSC(=N)N)c4ccccc34)C2=O)c2ccccc21. The van der Waals surface area contributed by atoms with Crippen molar-refractivity contribution < 1.29 is 9.59 Å². The van der Waals surface area contributed by atoms with Crippen molar-refractivity contribution in [2.24, 2.45) is 12.8 Å². The second-order valence-electron chi connectivity index (χ2n) is 8.00. The van der Waals surface area contributed by atoms with Crippen LogP contribution in [0.5, 0.6) is 0 Å². The number of nitrogens with two attached hydrogens (primary N) is 1. The van der Waals surface area contributed by atoms with Crippen LogP contribution in [-0.2, 0) is 23.2 Å². The fourth-order valence-corrected chi connectivity index (χ4v) is 4.95. The van der Waals surface area contributed by atoms with E-state index in [1.807, 2.05) is 72.5 Å². The largest absolute Gasteiger partial charge is 0.379 e. The van der Waals surface area contributed by atoms with Crippen molar-refractivity contribution in [3.8, 4) is 0 Å². The molecule has 0 unspecified atom stereocenters. The van der Waals surface area contributed by atoms with E-state index in [4.69, 9.17) is 11.1 Å². The number of nitrogens with one attached hydrogen (secondary N) is 1. The Labute approximate surface area is 195 Å². The maximum atomic E-state index is 13.5. The van der Waals surface area contributed by atoms with Crippen LogP contribution < -0.4 is 10.6 Å². The van der Waals surface area contributed by atoms with Gasteiger partial charge in [0.15, 0.2) is 5.17 Å². The smallest absolute Gasteiger partial charge is 0.266 e. The molecule has 7 nitrogen and oxygen atoms in total. The summed E-state index contributed by atoms with van der Waals surface area (Å²) in [6.07, 6.45) is 6.03. The molecule has 33 heavy (non-hydrogen) atoms. The molecule has 0 aliphatic carbocycles. The summed E-state index contributed by atoms with van der Waals surface area (Å²) in [5.41, 5.74) is 9.15. The van der Waals surface area contributed by atoms with E-state index < -0.39 is 0 Å². The highest BCUT2D eigenvalue weighted by atomic mass is 32.2. The van der Waals surface area contributed by atoms with Crippen LogP contribution in [0.15, 0.2) is 67.0 Å². The molecule has 0 atom stereocenters. The average Bonchev–Trinajstić information content (AvgIpc) is 3.43. The zero-order chi connectivity index (χ0) is 23.1. The third-order valence-corrected chi connectivity index (χ3v) is 6.72. The van der Waals surface area contributed by atoms with Crippen LogP contribution >= 0.6 is 11.8 Å². The topological polar surface area (TPSA) is 97.1 Å². The number of imide groups is 1. The molecule has 0 saturated heterocycles. The number of nitrogens with zero attached hydrogens (tertiary/aromatic N) is 3. The van der Waals surface area contributed by atoms with Gasteiger partial charge in [-0.2, -0.15) is 0 Å². The van der Waals surface area contributed by atoms with E-state index >= 15 is 0 Å². The van der Waals surface area contributed by atoms with Gasteiger partial charge in [-0.25, -0.2) is 4.90 Å². The number of amidine groups is 1. The number of thioether (sulfide) groups is 1. The van der Waals surface area contributed by atoms with Crippen molar-refractivity contribution in [1.82, 2.24) is 9.13 Å². The molecule has 1 aliphatic heterocycles. The molecule has 1 aliphatic rings. The number of benzene rings is 2. The first-order valence-electron chi connectivity index (χ1n) is 10.6. The van der Waals surface area contributed by atoms with Gasteiger partial charge in [-0.3, -0.25) is 15.0 Å². The fraction of sp³-hybridized carbons (Fsp3) is 0.160. The Hall–Kier alpha value is -3.78. The molecule has 2 aromatic carbocycles. The van der Waals surface area contributed by atoms with Gasteiger partial charge in [0.05, 0.1) is 16.8 Å². The Kier molecular flexibility index (Phi) is 5.30. The number of hydrogen-bond acceptors (Lipinski definition) is 4. The van der Waals surface area contributed by atoms with Crippen molar-refractivity contribution in [3.05, 3.63) is 72.6 Å². The monoisotopic (exact) mass is 457 g/mol. The normalized spacial score (nSPS) is 14.0. The zero-order valence-corrected chi connectivity index (χ0v) is 18.9. The average molecular weight is 458 g/mol. The summed E-state index contributed by atoms with van der Waals surface area (Å²) in [6.45, 7) is 0.695.